The molecule has 22 heavy (non-hydrogen) atoms. The first-order valence-corrected chi connectivity index (χ1v) is 11.9. The van der Waals surface area contributed by atoms with Gasteiger partial charge in [-0.1, -0.05) is 108 Å². The van der Waals surface area contributed by atoms with E-state index in [2.05, 4.69) is 91.8 Å². The molecule has 0 saturated heterocycles. The molecule has 0 radical (unpaired) electrons. The lowest BCUT2D eigenvalue weighted by Gasteiger charge is -2.43. The van der Waals surface area contributed by atoms with Gasteiger partial charge in [0.2, 0.25) is 0 Å². The number of hydrogen-bond acceptors (Lipinski definition) is 0. The minimum absolute atomic E-state index is 0.00274. The molecule has 1 aliphatic carbocycles. The molecule has 0 aromatic carbocycles. The Kier molecular flexibility index (Phi) is 8.59. The predicted molar refractivity (Wildman–Crippen MR) is 109 cm³/mol. The summed E-state index contributed by atoms with van der Waals surface area (Å²) in [6.07, 6.45) is 14.1. The topological polar surface area (TPSA) is 0 Å². The third kappa shape index (κ3) is 5.32. The van der Waals surface area contributed by atoms with Crippen LogP contribution in [0.1, 0.15) is 55.4 Å². The van der Waals surface area contributed by atoms with Crippen LogP contribution in [0.2, 0.25) is 0 Å². The molecule has 0 heterocycles. The van der Waals surface area contributed by atoms with Crippen molar-refractivity contribution in [2.45, 2.75) is 89.3 Å². The van der Waals surface area contributed by atoms with Gasteiger partial charge in [-0.25, -0.2) is 0 Å². The second kappa shape index (κ2) is 9.39. The van der Waals surface area contributed by atoms with Crippen molar-refractivity contribution in [1.29, 1.82) is 0 Å². The van der Waals surface area contributed by atoms with Gasteiger partial charge in [0.15, 0.2) is 0 Å². The van der Waals surface area contributed by atoms with Crippen LogP contribution in [-0.4, -0.2) is 34.0 Å². The zero-order valence-electron chi connectivity index (χ0n) is 15.8. The fourth-order valence-corrected chi connectivity index (χ4v) is 11.4. The lowest BCUT2D eigenvalue weighted by Crippen LogP contribution is -2.29. The standard InChI is InChI=1S/C20H36P2/c1-15(2)21(16(3)4)19-13-11-9-10-12-14-20(19)22(17(5)6)18(7)8/h9-20H,1-8H3/b10-9-,13-11-,14-12-. The Labute approximate surface area is 142 Å². The van der Waals surface area contributed by atoms with E-state index >= 15 is 0 Å². The van der Waals surface area contributed by atoms with Crippen molar-refractivity contribution in [1.82, 2.24) is 0 Å². The average molecular weight is 338 g/mol. The molecule has 0 amide bonds. The maximum absolute atomic E-state index is 2.54. The van der Waals surface area contributed by atoms with Gasteiger partial charge in [-0.3, -0.25) is 0 Å². The Bertz CT molecular complexity index is 348. The van der Waals surface area contributed by atoms with Crippen LogP contribution in [0.3, 0.4) is 0 Å². The Balaban J connectivity index is 3.29. The molecular weight excluding hydrogens is 302 g/mol. The van der Waals surface area contributed by atoms with E-state index in [-0.39, 0.29) is 15.8 Å². The summed E-state index contributed by atoms with van der Waals surface area (Å²) < 4.78 is 0. The van der Waals surface area contributed by atoms with Gasteiger partial charge >= 0.3 is 0 Å². The monoisotopic (exact) mass is 338 g/mol. The zero-order valence-corrected chi connectivity index (χ0v) is 17.6. The molecule has 0 saturated carbocycles. The van der Waals surface area contributed by atoms with Gasteiger partial charge in [0.1, 0.15) is 0 Å². The molecule has 1 rings (SSSR count). The summed E-state index contributed by atoms with van der Waals surface area (Å²) in [6, 6.07) is 0. The second-order valence-corrected chi connectivity index (χ2v) is 14.5. The van der Waals surface area contributed by atoms with E-state index < -0.39 is 0 Å². The van der Waals surface area contributed by atoms with Gasteiger partial charge in [0.25, 0.3) is 0 Å². The van der Waals surface area contributed by atoms with E-state index in [1.807, 2.05) is 0 Å². The molecule has 1 aliphatic rings. The van der Waals surface area contributed by atoms with Crippen molar-refractivity contribution in [3.63, 3.8) is 0 Å². The third-order valence-corrected chi connectivity index (χ3v) is 11.7. The van der Waals surface area contributed by atoms with Crippen molar-refractivity contribution >= 4 is 15.8 Å². The Morgan fingerprint density at radius 3 is 1.00 bits per heavy atom. The minimum Gasteiger partial charge on any atom is -0.0934 e. The largest absolute Gasteiger partial charge is 0.0934 e. The van der Waals surface area contributed by atoms with Gasteiger partial charge in [-0.05, 0) is 22.6 Å². The van der Waals surface area contributed by atoms with Crippen molar-refractivity contribution < 1.29 is 0 Å². The van der Waals surface area contributed by atoms with Gasteiger partial charge in [-0.15, -0.1) is 0 Å². The van der Waals surface area contributed by atoms with E-state index in [1.54, 1.807) is 0 Å². The van der Waals surface area contributed by atoms with Crippen molar-refractivity contribution in [3.05, 3.63) is 36.5 Å². The molecule has 2 heteroatoms. The molecule has 0 aliphatic heterocycles. The SMILES string of the molecule is CC(C)P(C(C)C)C1\C=C/C=C\C=C/C1P(C(C)C)C(C)C. The van der Waals surface area contributed by atoms with Gasteiger partial charge < -0.3 is 0 Å². The van der Waals surface area contributed by atoms with Crippen LogP contribution in [-0.2, 0) is 0 Å². The highest BCUT2D eigenvalue weighted by Crippen LogP contribution is 2.61. The number of hydrogen-bond donors (Lipinski definition) is 0. The Hall–Kier alpha value is 0.0800. The predicted octanol–water partition coefficient (Wildman–Crippen LogP) is 7.00. The summed E-state index contributed by atoms with van der Waals surface area (Å²) in [4.78, 5) is 0. The summed E-state index contributed by atoms with van der Waals surface area (Å²) in [5.41, 5.74) is 4.62. The minimum atomic E-state index is -0.00274. The first-order valence-electron chi connectivity index (χ1n) is 8.83. The first kappa shape index (κ1) is 20.1. The first-order chi connectivity index (χ1) is 10.3. The van der Waals surface area contributed by atoms with E-state index in [0.29, 0.717) is 0 Å². The number of allylic oxidation sites excluding steroid dienone is 6. The highest BCUT2D eigenvalue weighted by atomic mass is 31.1. The van der Waals surface area contributed by atoms with Gasteiger partial charge in [0.05, 0.1) is 0 Å². The lowest BCUT2D eigenvalue weighted by atomic mass is 10.2. The van der Waals surface area contributed by atoms with E-state index in [9.17, 15) is 0 Å². The van der Waals surface area contributed by atoms with E-state index in [1.165, 1.54) is 0 Å². The maximum atomic E-state index is 2.54. The molecule has 0 N–H and O–H groups in total. The quantitative estimate of drug-likeness (QED) is 0.457. The molecule has 2 atom stereocenters. The summed E-state index contributed by atoms with van der Waals surface area (Å²) in [5, 5.41) is 0. The summed E-state index contributed by atoms with van der Waals surface area (Å²) in [6.45, 7) is 19.5. The summed E-state index contributed by atoms with van der Waals surface area (Å²) >= 11 is 0. The molecule has 0 aromatic heterocycles. The van der Waals surface area contributed by atoms with Gasteiger partial charge in [-0.2, -0.15) is 0 Å². The molecule has 0 nitrogen and oxygen atoms in total. The van der Waals surface area contributed by atoms with Crippen LogP contribution < -0.4 is 0 Å². The van der Waals surface area contributed by atoms with Crippen LogP contribution in [0, 0.1) is 0 Å². The highest BCUT2D eigenvalue weighted by Gasteiger charge is 2.36. The molecule has 0 bridgehead atoms. The highest BCUT2D eigenvalue weighted by molar-refractivity contribution is 7.64. The zero-order chi connectivity index (χ0) is 16.9. The number of rotatable bonds is 6. The lowest BCUT2D eigenvalue weighted by molar-refractivity contribution is 0.909. The normalized spacial score (nSPS) is 27.0. The average Bonchev–Trinajstić information content (AvgIpc) is 2.34. The van der Waals surface area contributed by atoms with E-state index in [4.69, 9.17) is 0 Å². The maximum Gasteiger partial charge on any atom is 0.00807 e. The van der Waals surface area contributed by atoms with Crippen LogP contribution in [0.25, 0.3) is 0 Å². The van der Waals surface area contributed by atoms with Crippen LogP contribution >= 0.6 is 15.8 Å². The Morgan fingerprint density at radius 1 is 0.500 bits per heavy atom. The van der Waals surface area contributed by atoms with Crippen molar-refractivity contribution in [2.24, 2.45) is 0 Å². The van der Waals surface area contributed by atoms with Crippen molar-refractivity contribution in [2.75, 3.05) is 0 Å². The van der Waals surface area contributed by atoms with Crippen LogP contribution in [0.5, 0.6) is 0 Å². The second-order valence-electron chi connectivity index (χ2n) is 7.41. The van der Waals surface area contributed by atoms with Gasteiger partial charge in [0, 0.05) is 11.3 Å². The molecule has 2 unspecified atom stereocenters. The molecule has 0 fully saturated rings. The smallest absolute Gasteiger partial charge is 0.00807 e. The van der Waals surface area contributed by atoms with E-state index in [0.717, 1.165) is 34.0 Å². The summed E-state index contributed by atoms with van der Waals surface area (Å²) in [5.74, 6) is 0. The molecular formula is C20H36P2. The summed E-state index contributed by atoms with van der Waals surface area (Å²) in [7, 11) is -0.00547. The Morgan fingerprint density at radius 2 is 0.773 bits per heavy atom. The van der Waals surface area contributed by atoms with Crippen LogP contribution in [0.4, 0.5) is 0 Å². The molecule has 0 aromatic rings. The fourth-order valence-electron chi connectivity index (χ4n) is 3.83. The van der Waals surface area contributed by atoms with Crippen LogP contribution in [0.15, 0.2) is 36.5 Å². The molecule has 0 spiro atoms. The fraction of sp³-hybridized carbons (Fsp3) is 0.700. The van der Waals surface area contributed by atoms with Crippen molar-refractivity contribution in [3.8, 4) is 0 Å². The third-order valence-electron chi connectivity index (χ3n) is 4.37. The molecule has 126 valence electrons.